The maximum atomic E-state index is 8.47. The highest BCUT2D eigenvalue weighted by Gasteiger charge is 1.89. The molecule has 0 heterocycles. The molecular weight excluding hydrogens is 144 g/mol. The molecular formula is C4H9BrO. The molecule has 2 heteroatoms. The van der Waals surface area contributed by atoms with Gasteiger partial charge in [0.25, 0.3) is 0 Å². The van der Waals surface area contributed by atoms with Gasteiger partial charge in [0.05, 0.1) is 0 Å². The summed E-state index contributed by atoms with van der Waals surface area (Å²) in [5.74, 6) is 0. The second-order valence-corrected chi connectivity index (χ2v) is 2.28. The van der Waals surface area contributed by atoms with E-state index in [4.69, 9.17) is 5.11 Å². The first-order chi connectivity index (χ1) is 2.77. The van der Waals surface area contributed by atoms with E-state index in [1.54, 1.807) is 0 Å². The van der Waals surface area contributed by atoms with Crippen LogP contribution in [0.15, 0.2) is 0 Å². The average Bonchev–Trinajstić information content (AvgIpc) is 1.35. The molecule has 0 unspecified atom stereocenters. The molecule has 0 aliphatic carbocycles. The van der Waals surface area contributed by atoms with Crippen molar-refractivity contribution in [3.05, 3.63) is 0 Å². The van der Waals surface area contributed by atoms with Crippen LogP contribution in [0.2, 0.25) is 0 Å². The Bertz CT molecular complexity index is 28.7. The van der Waals surface area contributed by atoms with Crippen molar-refractivity contribution < 1.29 is 5.11 Å². The normalized spacial score (nSPS) is 14.5. The molecule has 0 spiro atoms. The number of hydrogen-bond acceptors (Lipinski definition) is 1. The first-order valence-corrected chi connectivity index (χ1v) is 3.01. The minimum atomic E-state index is -0.289. The molecule has 0 rings (SSSR count). The van der Waals surface area contributed by atoms with Crippen LogP contribution in [0.4, 0.5) is 0 Å². The Kier molecular flexibility index (Phi) is 3.89. The Morgan fingerprint density at radius 2 is 2.33 bits per heavy atom. The van der Waals surface area contributed by atoms with Crippen LogP contribution >= 0.6 is 15.9 Å². The summed E-state index contributed by atoms with van der Waals surface area (Å²) in [6.07, 6.45) is 1.88. The molecule has 0 aliphatic heterocycles. The molecule has 0 saturated heterocycles. The van der Waals surface area contributed by atoms with Gasteiger partial charge < -0.3 is 5.11 Å². The topological polar surface area (TPSA) is 20.2 Å². The molecule has 0 aromatic rings. The van der Waals surface area contributed by atoms with Gasteiger partial charge in [-0.3, -0.25) is 0 Å². The second-order valence-electron chi connectivity index (χ2n) is 1.22. The number of halogens is 1. The van der Waals surface area contributed by atoms with Crippen molar-refractivity contribution in [1.82, 2.24) is 0 Å². The molecule has 0 bridgehead atoms. The lowest BCUT2D eigenvalue weighted by molar-refractivity contribution is 0.258. The molecule has 0 aromatic carbocycles. The minimum Gasteiger partial charge on any atom is -0.382 e. The minimum absolute atomic E-state index is 0.289. The summed E-state index contributed by atoms with van der Waals surface area (Å²) < 4.78 is 0. The average molecular weight is 153 g/mol. The Morgan fingerprint density at radius 3 is 2.33 bits per heavy atom. The van der Waals surface area contributed by atoms with Gasteiger partial charge in [-0.1, -0.05) is 29.3 Å². The first kappa shape index (κ1) is 6.44. The van der Waals surface area contributed by atoms with Crippen LogP contribution in [-0.2, 0) is 0 Å². The van der Waals surface area contributed by atoms with Crippen molar-refractivity contribution in [2.75, 3.05) is 0 Å². The molecule has 1 nitrogen and oxygen atoms in total. The zero-order valence-electron chi connectivity index (χ0n) is 3.82. The van der Waals surface area contributed by atoms with Crippen molar-refractivity contribution in [3.8, 4) is 0 Å². The van der Waals surface area contributed by atoms with Gasteiger partial charge in [0, 0.05) is 0 Å². The fourth-order valence-corrected chi connectivity index (χ4v) is 0.696. The standard InChI is InChI=1S/C4H9BrO/c1-2-3-4(5)6/h4,6H,2-3H2,1H3/t4-/m1/s1. The third-order valence-corrected chi connectivity index (χ3v) is 0.985. The highest BCUT2D eigenvalue weighted by atomic mass is 79.9. The Labute approximate surface area is 46.5 Å². The molecule has 0 aliphatic rings. The van der Waals surface area contributed by atoms with E-state index in [9.17, 15) is 0 Å². The van der Waals surface area contributed by atoms with Crippen LogP contribution in [0.1, 0.15) is 19.8 Å². The van der Waals surface area contributed by atoms with E-state index in [1.165, 1.54) is 0 Å². The lowest BCUT2D eigenvalue weighted by Gasteiger charge is -1.93. The Hall–Kier alpha value is 0.440. The maximum Gasteiger partial charge on any atom is 0.109 e. The first-order valence-electron chi connectivity index (χ1n) is 2.09. The van der Waals surface area contributed by atoms with Gasteiger partial charge >= 0.3 is 0 Å². The van der Waals surface area contributed by atoms with E-state index < -0.39 is 0 Å². The number of aliphatic hydroxyl groups is 1. The summed E-state index contributed by atoms with van der Waals surface area (Å²) in [6.45, 7) is 2.03. The van der Waals surface area contributed by atoms with Gasteiger partial charge in [-0.05, 0) is 6.42 Å². The third-order valence-electron chi connectivity index (χ3n) is 0.527. The monoisotopic (exact) mass is 152 g/mol. The Morgan fingerprint density at radius 1 is 1.83 bits per heavy atom. The summed E-state index contributed by atoms with van der Waals surface area (Å²) in [7, 11) is 0. The molecule has 1 N–H and O–H groups in total. The van der Waals surface area contributed by atoms with Gasteiger partial charge in [0.2, 0.25) is 0 Å². The summed E-state index contributed by atoms with van der Waals surface area (Å²) in [5, 5.41) is 8.18. The summed E-state index contributed by atoms with van der Waals surface area (Å²) >= 11 is 2.99. The predicted molar refractivity (Wildman–Crippen MR) is 29.8 cm³/mol. The van der Waals surface area contributed by atoms with Crippen molar-refractivity contribution in [2.24, 2.45) is 0 Å². The number of aliphatic hydroxyl groups excluding tert-OH is 1. The lowest BCUT2D eigenvalue weighted by atomic mass is 10.4. The largest absolute Gasteiger partial charge is 0.382 e. The molecule has 0 fully saturated rings. The maximum absolute atomic E-state index is 8.47. The van der Waals surface area contributed by atoms with Crippen LogP contribution in [0.5, 0.6) is 0 Å². The van der Waals surface area contributed by atoms with Crippen LogP contribution in [0, 0.1) is 0 Å². The third kappa shape index (κ3) is 4.44. The van der Waals surface area contributed by atoms with E-state index in [0.717, 1.165) is 12.8 Å². The van der Waals surface area contributed by atoms with Crippen molar-refractivity contribution in [3.63, 3.8) is 0 Å². The van der Waals surface area contributed by atoms with E-state index in [2.05, 4.69) is 15.9 Å². The molecule has 0 aromatic heterocycles. The lowest BCUT2D eigenvalue weighted by Crippen LogP contribution is -1.90. The number of hydrogen-bond donors (Lipinski definition) is 1. The SMILES string of the molecule is CCC[C@@H](O)Br. The quantitative estimate of drug-likeness (QED) is 0.596. The second kappa shape index (κ2) is 3.62. The molecule has 6 heavy (non-hydrogen) atoms. The van der Waals surface area contributed by atoms with Crippen molar-refractivity contribution in [2.45, 2.75) is 24.8 Å². The smallest absolute Gasteiger partial charge is 0.109 e. The van der Waals surface area contributed by atoms with Crippen LogP contribution in [0.3, 0.4) is 0 Å². The number of rotatable bonds is 2. The van der Waals surface area contributed by atoms with E-state index in [0.29, 0.717) is 0 Å². The van der Waals surface area contributed by atoms with Gasteiger partial charge in [0.15, 0.2) is 0 Å². The molecule has 0 saturated carbocycles. The van der Waals surface area contributed by atoms with Gasteiger partial charge in [-0.2, -0.15) is 0 Å². The zero-order valence-corrected chi connectivity index (χ0v) is 5.40. The zero-order chi connectivity index (χ0) is 4.99. The summed E-state index contributed by atoms with van der Waals surface area (Å²) in [5.41, 5.74) is 0. The summed E-state index contributed by atoms with van der Waals surface area (Å²) in [4.78, 5) is 0. The van der Waals surface area contributed by atoms with E-state index >= 15 is 0 Å². The predicted octanol–water partition coefficient (Wildman–Crippen LogP) is 1.50. The van der Waals surface area contributed by atoms with Gasteiger partial charge in [0.1, 0.15) is 5.01 Å². The molecule has 0 radical (unpaired) electrons. The van der Waals surface area contributed by atoms with Crippen molar-refractivity contribution >= 4 is 15.9 Å². The molecule has 38 valence electrons. The number of alkyl halides is 1. The van der Waals surface area contributed by atoms with Crippen LogP contribution < -0.4 is 0 Å². The van der Waals surface area contributed by atoms with E-state index in [-0.39, 0.29) is 5.01 Å². The van der Waals surface area contributed by atoms with Crippen molar-refractivity contribution in [1.29, 1.82) is 0 Å². The molecule has 1 atom stereocenters. The molecule has 0 amide bonds. The highest BCUT2D eigenvalue weighted by Crippen LogP contribution is 2.01. The van der Waals surface area contributed by atoms with Crippen LogP contribution in [-0.4, -0.2) is 10.1 Å². The Balaban J connectivity index is 2.63. The van der Waals surface area contributed by atoms with E-state index in [1.807, 2.05) is 6.92 Å². The van der Waals surface area contributed by atoms with Gasteiger partial charge in [-0.15, -0.1) is 0 Å². The highest BCUT2D eigenvalue weighted by molar-refractivity contribution is 9.09. The van der Waals surface area contributed by atoms with Crippen LogP contribution in [0.25, 0.3) is 0 Å². The fourth-order valence-electron chi connectivity index (χ4n) is 0.238. The van der Waals surface area contributed by atoms with Gasteiger partial charge in [-0.25, -0.2) is 0 Å². The fraction of sp³-hybridized carbons (Fsp3) is 1.00. The summed E-state index contributed by atoms with van der Waals surface area (Å²) in [6, 6.07) is 0.